The predicted octanol–water partition coefficient (Wildman–Crippen LogP) is 0.475. The molecule has 0 spiro atoms. The van der Waals surface area contributed by atoms with Crippen molar-refractivity contribution >= 4 is 50.3 Å². The lowest BCUT2D eigenvalue weighted by Crippen LogP contribution is -2.72. The quantitative estimate of drug-likeness (QED) is 0.147. The van der Waals surface area contributed by atoms with Crippen LogP contribution in [0.5, 0.6) is 0 Å². The summed E-state index contributed by atoms with van der Waals surface area (Å²) in [7, 11) is -4.77. The molecule has 0 bridgehead atoms. The first-order valence-electron chi connectivity index (χ1n) is 9.80. The van der Waals surface area contributed by atoms with Crippen LogP contribution < -0.4 is 11.1 Å². The van der Waals surface area contributed by atoms with Gasteiger partial charge in [-0.15, -0.1) is 11.3 Å². The summed E-state index contributed by atoms with van der Waals surface area (Å²) in [5.74, 6) is -2.67. The second kappa shape index (κ2) is 9.23. The van der Waals surface area contributed by atoms with Crippen LogP contribution in [0.25, 0.3) is 0 Å². The molecule has 1 fully saturated rings. The molecular formula is C18H27N5O8S2. The van der Waals surface area contributed by atoms with Crippen LogP contribution in [-0.4, -0.2) is 69.0 Å². The molecule has 2 atom stereocenters. The largest absolute Gasteiger partial charge is 0.457 e. The second-order valence-corrected chi connectivity index (χ2v) is 10.8. The molecule has 0 aliphatic carbocycles. The normalized spacial score (nSPS) is 19.7. The molecule has 1 aromatic rings. The van der Waals surface area contributed by atoms with E-state index in [1.54, 1.807) is 27.7 Å². The van der Waals surface area contributed by atoms with Crippen molar-refractivity contribution in [3.63, 3.8) is 0 Å². The molecule has 0 aromatic carbocycles. The van der Waals surface area contributed by atoms with E-state index in [-0.39, 0.29) is 21.6 Å². The summed E-state index contributed by atoms with van der Waals surface area (Å²) in [4.78, 5) is 46.9. The topological polar surface area (TPSA) is 191 Å². The first-order valence-corrected chi connectivity index (χ1v) is 12.1. The van der Waals surface area contributed by atoms with Crippen molar-refractivity contribution in [2.75, 3.05) is 5.73 Å². The molecular weight excluding hydrogens is 478 g/mol. The molecule has 33 heavy (non-hydrogen) atoms. The van der Waals surface area contributed by atoms with Gasteiger partial charge in [-0.05, 0) is 41.0 Å². The Labute approximate surface area is 195 Å². The van der Waals surface area contributed by atoms with Gasteiger partial charge in [0.05, 0.1) is 6.04 Å². The van der Waals surface area contributed by atoms with Crippen molar-refractivity contribution in [1.82, 2.24) is 14.6 Å². The summed E-state index contributed by atoms with van der Waals surface area (Å²) in [6.45, 7) is 9.39. The second-order valence-electron chi connectivity index (χ2n) is 8.65. The molecule has 2 rings (SSSR count). The molecule has 4 N–H and O–H groups in total. The number of thiazole rings is 1. The van der Waals surface area contributed by atoms with Crippen LogP contribution in [-0.2, 0) is 34.3 Å². The van der Waals surface area contributed by atoms with Gasteiger partial charge in [-0.1, -0.05) is 12.1 Å². The van der Waals surface area contributed by atoms with Gasteiger partial charge < -0.3 is 20.6 Å². The number of hydrogen-bond acceptors (Lipinski definition) is 11. The molecule has 1 saturated heterocycles. The zero-order valence-electron chi connectivity index (χ0n) is 19.0. The van der Waals surface area contributed by atoms with Crippen molar-refractivity contribution in [2.45, 2.75) is 71.2 Å². The fourth-order valence-corrected chi connectivity index (χ4v) is 4.27. The summed E-state index contributed by atoms with van der Waals surface area (Å²) in [5, 5.41) is 7.70. The SMILES string of the molecule is CC[C@H]1[C@H](NC(=O)/C(=N\OC(C)(C)C(=O)OC(C)(C)C)c2csc(N)n2)C(=O)N1S(=O)(=O)O. The van der Waals surface area contributed by atoms with E-state index >= 15 is 0 Å². The van der Waals surface area contributed by atoms with Crippen LogP contribution >= 0.6 is 11.3 Å². The van der Waals surface area contributed by atoms with Gasteiger partial charge in [-0.25, -0.2) is 14.1 Å². The number of ether oxygens (including phenoxy) is 1. The minimum absolute atomic E-state index is 0.0152. The van der Waals surface area contributed by atoms with E-state index in [1.165, 1.54) is 19.2 Å². The molecule has 0 saturated carbocycles. The summed E-state index contributed by atoms with van der Waals surface area (Å²) in [5.41, 5.74) is 2.89. The molecule has 1 aliphatic rings. The predicted molar refractivity (Wildman–Crippen MR) is 118 cm³/mol. The number of carbonyl (C=O) groups is 3. The number of nitrogens with one attached hydrogen (secondary N) is 1. The Bertz CT molecular complexity index is 1070. The van der Waals surface area contributed by atoms with Gasteiger partial charge in [-0.3, -0.25) is 14.1 Å². The van der Waals surface area contributed by atoms with Crippen LogP contribution in [0.4, 0.5) is 5.13 Å². The van der Waals surface area contributed by atoms with Crippen molar-refractivity contribution in [2.24, 2.45) is 5.16 Å². The third kappa shape index (κ3) is 6.17. The molecule has 1 aliphatic heterocycles. The lowest BCUT2D eigenvalue weighted by molar-refractivity contribution is -0.179. The molecule has 1 aromatic heterocycles. The van der Waals surface area contributed by atoms with Gasteiger partial charge in [0, 0.05) is 5.38 Å². The smallest absolute Gasteiger partial charge is 0.362 e. The fourth-order valence-electron chi connectivity index (χ4n) is 2.77. The highest BCUT2D eigenvalue weighted by Gasteiger charge is 2.53. The van der Waals surface area contributed by atoms with Gasteiger partial charge >= 0.3 is 16.3 Å². The standard InChI is InChI=1S/C18H27N5O8S2/c1-7-10-12(14(25)23(10)33(27,28)29)21-13(24)11(9-8-32-16(19)20-9)22-31-18(5,6)15(26)30-17(2,3)4/h8,10,12H,7H2,1-6H3,(H2,19,20)(H,21,24)(H,27,28,29)/b22-11-/t10-,12-/m0/s1. The van der Waals surface area contributed by atoms with E-state index in [0.29, 0.717) is 0 Å². The van der Waals surface area contributed by atoms with Crippen LogP contribution in [0.1, 0.15) is 53.7 Å². The number of nitrogens with zero attached hydrogens (tertiary/aromatic N) is 3. The third-order valence-corrected chi connectivity index (χ3v) is 5.98. The van der Waals surface area contributed by atoms with Gasteiger partial charge in [0.1, 0.15) is 17.3 Å². The zero-order chi connectivity index (χ0) is 25.4. The third-order valence-electron chi connectivity index (χ3n) is 4.36. The molecule has 2 heterocycles. The average molecular weight is 506 g/mol. The molecule has 0 unspecified atom stereocenters. The Balaban J connectivity index is 2.29. The van der Waals surface area contributed by atoms with Gasteiger partial charge in [0.25, 0.3) is 11.8 Å². The number of oxime groups is 1. The van der Waals surface area contributed by atoms with E-state index in [2.05, 4.69) is 15.5 Å². The Morgan fingerprint density at radius 2 is 1.94 bits per heavy atom. The van der Waals surface area contributed by atoms with E-state index in [9.17, 15) is 27.4 Å². The summed E-state index contributed by atoms with van der Waals surface area (Å²) in [6, 6.07) is -2.22. The maximum Gasteiger partial charge on any atom is 0.362 e. The lowest BCUT2D eigenvalue weighted by Gasteiger charge is -2.43. The van der Waals surface area contributed by atoms with E-state index in [4.69, 9.17) is 15.3 Å². The molecule has 15 heteroatoms. The van der Waals surface area contributed by atoms with Gasteiger partial charge in [0.2, 0.25) is 5.60 Å². The first kappa shape index (κ1) is 26.5. The number of anilines is 1. The van der Waals surface area contributed by atoms with E-state index < -0.39 is 57.1 Å². The number of amides is 2. The molecule has 13 nitrogen and oxygen atoms in total. The maximum atomic E-state index is 12.9. The number of β-lactam (4-membered cyclic amide) rings is 1. The highest BCUT2D eigenvalue weighted by molar-refractivity contribution is 7.84. The first-order chi connectivity index (χ1) is 15.0. The average Bonchev–Trinajstić information content (AvgIpc) is 3.07. The number of carbonyl (C=O) groups excluding carboxylic acids is 3. The Hall–Kier alpha value is -2.78. The number of nitrogens with two attached hydrogens (primary N) is 1. The van der Waals surface area contributed by atoms with Gasteiger partial charge in [-0.2, -0.15) is 8.42 Å². The Morgan fingerprint density at radius 3 is 2.39 bits per heavy atom. The molecule has 2 amide bonds. The van der Waals surface area contributed by atoms with Crippen molar-refractivity contribution in [3.05, 3.63) is 11.1 Å². The minimum atomic E-state index is -4.77. The van der Waals surface area contributed by atoms with Crippen molar-refractivity contribution in [3.8, 4) is 0 Å². The molecule has 0 radical (unpaired) electrons. The summed E-state index contributed by atoms with van der Waals surface area (Å²) >= 11 is 1.02. The van der Waals surface area contributed by atoms with Gasteiger partial charge in [0.15, 0.2) is 10.8 Å². The molecule has 184 valence electrons. The van der Waals surface area contributed by atoms with Crippen LogP contribution in [0.2, 0.25) is 0 Å². The number of aromatic nitrogens is 1. The number of rotatable bonds is 8. The lowest BCUT2D eigenvalue weighted by atomic mass is 9.96. The maximum absolute atomic E-state index is 12.9. The number of nitrogen functional groups attached to an aromatic ring is 1. The fraction of sp³-hybridized carbons (Fsp3) is 0.611. The van der Waals surface area contributed by atoms with Crippen LogP contribution in [0, 0.1) is 0 Å². The Morgan fingerprint density at radius 1 is 1.33 bits per heavy atom. The summed E-state index contributed by atoms with van der Waals surface area (Å²) in [6.07, 6.45) is 0.134. The minimum Gasteiger partial charge on any atom is -0.457 e. The Kier molecular flexibility index (Phi) is 7.40. The van der Waals surface area contributed by atoms with E-state index in [1.807, 2.05) is 0 Å². The highest BCUT2D eigenvalue weighted by Crippen LogP contribution is 2.26. The monoisotopic (exact) mass is 505 g/mol. The summed E-state index contributed by atoms with van der Waals surface area (Å²) < 4.78 is 37.6. The highest BCUT2D eigenvalue weighted by atomic mass is 32.2. The zero-order valence-corrected chi connectivity index (χ0v) is 20.6. The van der Waals surface area contributed by atoms with Crippen molar-refractivity contribution < 1.29 is 36.9 Å². The van der Waals surface area contributed by atoms with Crippen LogP contribution in [0.3, 0.4) is 0 Å². The van der Waals surface area contributed by atoms with Crippen LogP contribution in [0.15, 0.2) is 10.5 Å². The van der Waals surface area contributed by atoms with Crippen molar-refractivity contribution in [1.29, 1.82) is 0 Å². The number of hydrogen-bond donors (Lipinski definition) is 3. The van der Waals surface area contributed by atoms with E-state index in [0.717, 1.165) is 11.3 Å². The number of esters is 1.